The average molecular weight is 229 g/mol. The Morgan fingerprint density at radius 1 is 1.67 bits per heavy atom. The van der Waals surface area contributed by atoms with Crippen LogP contribution in [0.25, 0.3) is 5.65 Å². The standard InChI is InChI=1S/C8H6ClFN4O/c9-6(10)8(15)13-5-4-12-14-3-1-2-11-7(5)14/h1-4,6H,(H,13,15). The largest absolute Gasteiger partial charge is 0.318 e. The quantitative estimate of drug-likeness (QED) is 0.786. The first-order chi connectivity index (χ1) is 7.18. The van der Waals surface area contributed by atoms with Crippen LogP contribution in [-0.2, 0) is 4.79 Å². The van der Waals surface area contributed by atoms with Crippen LogP contribution in [0.5, 0.6) is 0 Å². The number of anilines is 1. The highest BCUT2D eigenvalue weighted by Crippen LogP contribution is 2.14. The maximum atomic E-state index is 12.4. The number of halogens is 2. The molecule has 0 fully saturated rings. The van der Waals surface area contributed by atoms with Gasteiger partial charge in [-0.15, -0.1) is 0 Å². The molecule has 0 bridgehead atoms. The number of fused-ring (bicyclic) bond motifs is 1. The van der Waals surface area contributed by atoms with Crippen molar-refractivity contribution < 1.29 is 9.18 Å². The molecular weight excluding hydrogens is 223 g/mol. The molecule has 0 saturated carbocycles. The van der Waals surface area contributed by atoms with Crippen LogP contribution >= 0.6 is 11.6 Å². The minimum atomic E-state index is -2.08. The van der Waals surface area contributed by atoms with E-state index in [0.29, 0.717) is 11.3 Å². The van der Waals surface area contributed by atoms with Crippen LogP contribution in [-0.4, -0.2) is 26.1 Å². The molecule has 1 atom stereocenters. The molecule has 0 radical (unpaired) electrons. The summed E-state index contributed by atoms with van der Waals surface area (Å²) in [6.45, 7) is 0. The molecular formula is C8H6ClFN4O. The highest BCUT2D eigenvalue weighted by molar-refractivity contribution is 6.31. The zero-order chi connectivity index (χ0) is 10.8. The Kier molecular flexibility index (Phi) is 2.51. The summed E-state index contributed by atoms with van der Waals surface area (Å²) in [7, 11) is 0. The van der Waals surface area contributed by atoms with Crippen LogP contribution in [0.4, 0.5) is 10.1 Å². The van der Waals surface area contributed by atoms with Crippen LogP contribution in [0.1, 0.15) is 0 Å². The van der Waals surface area contributed by atoms with Gasteiger partial charge in [0, 0.05) is 12.4 Å². The van der Waals surface area contributed by atoms with Gasteiger partial charge in [-0.25, -0.2) is 13.9 Å². The predicted octanol–water partition coefficient (Wildman–Crippen LogP) is 1.20. The predicted molar refractivity (Wildman–Crippen MR) is 52.4 cm³/mol. The number of carbonyl (C=O) groups excluding carboxylic acids is 1. The van der Waals surface area contributed by atoms with Crippen LogP contribution < -0.4 is 5.32 Å². The fourth-order valence-electron chi connectivity index (χ4n) is 1.10. The van der Waals surface area contributed by atoms with Crippen molar-refractivity contribution in [3.63, 3.8) is 0 Å². The lowest BCUT2D eigenvalue weighted by Crippen LogP contribution is -2.19. The third kappa shape index (κ3) is 1.89. The van der Waals surface area contributed by atoms with Crippen LogP contribution in [0.2, 0.25) is 0 Å². The van der Waals surface area contributed by atoms with Crippen molar-refractivity contribution in [2.24, 2.45) is 0 Å². The minimum absolute atomic E-state index is 0.323. The second kappa shape index (κ2) is 3.82. The summed E-state index contributed by atoms with van der Waals surface area (Å²) in [5.74, 6) is -0.933. The zero-order valence-corrected chi connectivity index (χ0v) is 8.15. The van der Waals surface area contributed by atoms with Crippen LogP contribution in [0.15, 0.2) is 24.7 Å². The lowest BCUT2D eigenvalue weighted by molar-refractivity contribution is -0.118. The highest BCUT2D eigenvalue weighted by atomic mass is 35.5. The summed E-state index contributed by atoms with van der Waals surface area (Å²) in [6.07, 6.45) is 4.57. The van der Waals surface area contributed by atoms with Crippen molar-refractivity contribution in [2.45, 2.75) is 5.63 Å². The van der Waals surface area contributed by atoms with Gasteiger partial charge in [0.25, 0.3) is 11.5 Å². The van der Waals surface area contributed by atoms with Crippen molar-refractivity contribution in [2.75, 3.05) is 5.32 Å². The molecule has 0 spiro atoms. The van der Waals surface area contributed by atoms with Crippen molar-refractivity contribution in [3.05, 3.63) is 24.7 Å². The van der Waals surface area contributed by atoms with E-state index < -0.39 is 11.5 Å². The monoisotopic (exact) mass is 228 g/mol. The third-order valence-corrected chi connectivity index (χ3v) is 1.93. The molecule has 0 aromatic carbocycles. The lowest BCUT2D eigenvalue weighted by atomic mass is 10.5. The van der Waals surface area contributed by atoms with E-state index in [1.54, 1.807) is 18.5 Å². The Bertz CT molecular complexity index is 498. The van der Waals surface area contributed by atoms with Crippen LogP contribution in [0.3, 0.4) is 0 Å². The molecule has 0 aliphatic heterocycles. The lowest BCUT2D eigenvalue weighted by Gasteiger charge is -2.01. The SMILES string of the molecule is O=C(Nc1cnn2cccnc12)C(F)Cl. The van der Waals surface area contributed by atoms with Gasteiger partial charge in [-0.05, 0) is 6.07 Å². The fraction of sp³-hybridized carbons (Fsp3) is 0.125. The van der Waals surface area contributed by atoms with Crippen molar-refractivity contribution >= 4 is 28.8 Å². The Morgan fingerprint density at radius 2 is 2.47 bits per heavy atom. The van der Waals surface area contributed by atoms with Gasteiger partial charge < -0.3 is 5.32 Å². The Morgan fingerprint density at radius 3 is 3.20 bits per heavy atom. The number of nitrogens with zero attached hydrogens (tertiary/aromatic N) is 3. The Labute approximate surface area is 88.9 Å². The minimum Gasteiger partial charge on any atom is -0.318 e. The summed E-state index contributed by atoms with van der Waals surface area (Å²) in [4.78, 5) is 14.9. The van der Waals surface area contributed by atoms with Gasteiger partial charge in [-0.2, -0.15) is 5.10 Å². The molecule has 0 aliphatic rings. The van der Waals surface area contributed by atoms with E-state index in [0.717, 1.165) is 0 Å². The number of alkyl halides is 2. The molecule has 2 rings (SSSR count). The second-order valence-electron chi connectivity index (χ2n) is 2.74. The summed E-state index contributed by atoms with van der Waals surface area (Å²) in [6, 6.07) is 1.69. The van der Waals surface area contributed by atoms with Crippen molar-refractivity contribution in [3.8, 4) is 0 Å². The molecule has 7 heteroatoms. The second-order valence-corrected chi connectivity index (χ2v) is 3.12. The first kappa shape index (κ1) is 9.85. The van der Waals surface area contributed by atoms with Gasteiger partial charge in [0.2, 0.25) is 0 Å². The molecule has 15 heavy (non-hydrogen) atoms. The Balaban J connectivity index is 2.33. The number of carbonyl (C=O) groups is 1. The molecule has 5 nitrogen and oxygen atoms in total. The Hall–Kier alpha value is -1.69. The van der Waals surface area contributed by atoms with Gasteiger partial charge in [0.15, 0.2) is 5.65 Å². The van der Waals surface area contributed by atoms with Crippen molar-refractivity contribution in [1.29, 1.82) is 0 Å². The highest BCUT2D eigenvalue weighted by Gasteiger charge is 2.15. The summed E-state index contributed by atoms with van der Waals surface area (Å²) < 4.78 is 13.8. The molecule has 1 amide bonds. The molecule has 0 aliphatic carbocycles. The van der Waals surface area contributed by atoms with E-state index >= 15 is 0 Å². The summed E-state index contributed by atoms with van der Waals surface area (Å²) in [5.41, 5.74) is -1.32. The van der Waals surface area contributed by atoms with Gasteiger partial charge in [-0.3, -0.25) is 4.79 Å². The normalized spacial score (nSPS) is 12.7. The maximum Gasteiger partial charge on any atom is 0.274 e. The number of hydrogen-bond donors (Lipinski definition) is 1. The number of amides is 1. The van der Waals surface area contributed by atoms with E-state index in [-0.39, 0.29) is 0 Å². The van der Waals surface area contributed by atoms with Gasteiger partial charge in [-0.1, -0.05) is 11.6 Å². The molecule has 2 aromatic heterocycles. The topological polar surface area (TPSA) is 59.3 Å². The molecule has 1 unspecified atom stereocenters. The van der Waals surface area contributed by atoms with Gasteiger partial charge >= 0.3 is 0 Å². The van der Waals surface area contributed by atoms with E-state index in [1.165, 1.54) is 10.7 Å². The van der Waals surface area contributed by atoms with E-state index in [9.17, 15) is 9.18 Å². The number of nitrogens with one attached hydrogen (secondary N) is 1. The summed E-state index contributed by atoms with van der Waals surface area (Å²) >= 11 is 4.97. The van der Waals surface area contributed by atoms with E-state index in [2.05, 4.69) is 15.4 Å². The molecule has 2 heterocycles. The number of aromatic nitrogens is 3. The van der Waals surface area contributed by atoms with E-state index in [4.69, 9.17) is 11.6 Å². The maximum absolute atomic E-state index is 12.4. The van der Waals surface area contributed by atoms with Crippen molar-refractivity contribution in [1.82, 2.24) is 14.6 Å². The molecule has 0 saturated heterocycles. The zero-order valence-electron chi connectivity index (χ0n) is 7.39. The first-order valence-corrected chi connectivity index (χ1v) is 4.49. The number of hydrogen-bond acceptors (Lipinski definition) is 3. The molecule has 1 N–H and O–H groups in total. The first-order valence-electron chi connectivity index (χ1n) is 4.06. The summed E-state index contributed by atoms with van der Waals surface area (Å²) in [5, 5.41) is 6.18. The van der Waals surface area contributed by atoms with Gasteiger partial charge in [0.05, 0.1) is 6.20 Å². The van der Waals surface area contributed by atoms with Gasteiger partial charge in [0.1, 0.15) is 5.69 Å². The fourth-order valence-corrected chi connectivity index (χ4v) is 1.16. The van der Waals surface area contributed by atoms with Crippen LogP contribution in [0, 0.1) is 0 Å². The number of rotatable bonds is 2. The molecule has 2 aromatic rings. The van der Waals surface area contributed by atoms with E-state index in [1.807, 2.05) is 0 Å². The molecule has 78 valence electrons. The third-order valence-electron chi connectivity index (χ3n) is 1.74. The smallest absolute Gasteiger partial charge is 0.274 e. The average Bonchev–Trinajstić information content (AvgIpc) is 2.62.